The van der Waals surface area contributed by atoms with E-state index in [0.29, 0.717) is 18.4 Å². The molecule has 1 saturated heterocycles. The molecule has 1 spiro atoms. The van der Waals surface area contributed by atoms with E-state index in [1.165, 1.54) is 11.1 Å². The van der Waals surface area contributed by atoms with E-state index in [1.807, 2.05) is 6.07 Å². The average Bonchev–Trinajstić information content (AvgIpc) is 2.83. The lowest BCUT2D eigenvalue weighted by Gasteiger charge is -2.54. The van der Waals surface area contributed by atoms with Gasteiger partial charge in [-0.2, -0.15) is 0 Å². The topological polar surface area (TPSA) is 47.6 Å². The van der Waals surface area contributed by atoms with Gasteiger partial charge in [0.05, 0.1) is 7.11 Å². The lowest BCUT2D eigenvalue weighted by molar-refractivity contribution is -0.135. The van der Waals surface area contributed by atoms with Gasteiger partial charge in [-0.05, 0) is 43.4 Å². The minimum absolute atomic E-state index is 0.0945. The summed E-state index contributed by atoms with van der Waals surface area (Å²) >= 11 is 0. The van der Waals surface area contributed by atoms with Crippen LogP contribution >= 0.6 is 0 Å². The van der Waals surface area contributed by atoms with Gasteiger partial charge in [0.1, 0.15) is 0 Å². The molecule has 1 aromatic carbocycles. The van der Waals surface area contributed by atoms with Crippen LogP contribution < -0.4 is 14.8 Å². The SMILES string of the molecule is COc1ccc2c3c1O[C@@H]1C(=O)CC[C@@H]4[C@H](C2)NCCC314. The summed E-state index contributed by atoms with van der Waals surface area (Å²) in [5, 5.41) is 3.67. The third-order valence-electron chi connectivity index (χ3n) is 6.12. The second-order valence-corrected chi connectivity index (χ2v) is 6.80. The van der Waals surface area contributed by atoms with Crippen molar-refractivity contribution in [2.75, 3.05) is 13.7 Å². The highest BCUT2D eigenvalue weighted by Crippen LogP contribution is 2.61. The van der Waals surface area contributed by atoms with Crippen molar-refractivity contribution >= 4 is 5.78 Å². The Balaban J connectivity index is 1.83. The van der Waals surface area contributed by atoms with Crippen LogP contribution in [0, 0.1) is 5.92 Å². The first-order valence-electron chi connectivity index (χ1n) is 7.89. The third kappa shape index (κ3) is 1.24. The van der Waals surface area contributed by atoms with Crippen LogP contribution in [0.5, 0.6) is 11.5 Å². The lowest BCUT2D eigenvalue weighted by Crippen LogP contribution is -2.65. The van der Waals surface area contributed by atoms with Gasteiger partial charge in [0, 0.05) is 23.4 Å². The Morgan fingerprint density at radius 3 is 3.19 bits per heavy atom. The lowest BCUT2D eigenvalue weighted by atomic mass is 9.52. The van der Waals surface area contributed by atoms with Crippen LogP contribution in [0.3, 0.4) is 0 Å². The zero-order valence-electron chi connectivity index (χ0n) is 12.1. The van der Waals surface area contributed by atoms with Gasteiger partial charge in [0.2, 0.25) is 0 Å². The first-order valence-corrected chi connectivity index (χ1v) is 7.89. The van der Waals surface area contributed by atoms with Crippen molar-refractivity contribution in [3.63, 3.8) is 0 Å². The Bertz CT molecular complexity index is 656. The van der Waals surface area contributed by atoms with Gasteiger partial charge < -0.3 is 14.8 Å². The van der Waals surface area contributed by atoms with Gasteiger partial charge in [0.15, 0.2) is 23.4 Å². The van der Waals surface area contributed by atoms with Crippen LogP contribution in [-0.2, 0) is 16.6 Å². The molecule has 2 fully saturated rings. The molecule has 0 amide bonds. The van der Waals surface area contributed by atoms with Crippen LogP contribution in [-0.4, -0.2) is 31.6 Å². The van der Waals surface area contributed by atoms with Gasteiger partial charge in [0.25, 0.3) is 0 Å². The first-order chi connectivity index (χ1) is 10.3. The predicted octanol–water partition coefficient (Wildman–Crippen LogP) is 1.59. The molecule has 1 N–H and O–H groups in total. The first kappa shape index (κ1) is 12.0. The number of ether oxygens (including phenoxy) is 2. The van der Waals surface area contributed by atoms with Gasteiger partial charge in [-0.15, -0.1) is 0 Å². The molecule has 2 bridgehead atoms. The maximum atomic E-state index is 12.5. The summed E-state index contributed by atoms with van der Waals surface area (Å²) < 4.78 is 11.7. The molecule has 1 saturated carbocycles. The summed E-state index contributed by atoms with van der Waals surface area (Å²) in [4.78, 5) is 12.5. The summed E-state index contributed by atoms with van der Waals surface area (Å²) in [6.07, 6.45) is 3.40. The Labute approximate surface area is 123 Å². The van der Waals surface area contributed by atoms with Gasteiger partial charge in [-0.1, -0.05) is 6.07 Å². The van der Waals surface area contributed by atoms with Crippen LogP contribution in [0.25, 0.3) is 0 Å². The van der Waals surface area contributed by atoms with E-state index in [0.717, 1.165) is 37.3 Å². The number of carbonyl (C=O) groups excluding carboxylic acids is 1. The number of carbonyl (C=O) groups is 1. The molecule has 2 heterocycles. The van der Waals surface area contributed by atoms with Crippen molar-refractivity contribution in [3.8, 4) is 11.5 Å². The van der Waals surface area contributed by atoms with E-state index < -0.39 is 0 Å². The van der Waals surface area contributed by atoms with E-state index in [1.54, 1.807) is 7.11 Å². The molecule has 4 aliphatic rings. The Hall–Kier alpha value is -1.55. The number of methoxy groups -OCH3 is 1. The summed E-state index contributed by atoms with van der Waals surface area (Å²) in [5.41, 5.74) is 2.54. The van der Waals surface area contributed by atoms with Crippen molar-refractivity contribution in [1.82, 2.24) is 5.32 Å². The second-order valence-electron chi connectivity index (χ2n) is 6.80. The number of piperidine rings is 1. The van der Waals surface area contributed by atoms with Gasteiger partial charge in [-0.3, -0.25) is 4.79 Å². The molecule has 2 aliphatic carbocycles. The van der Waals surface area contributed by atoms with Crippen LogP contribution in [0.2, 0.25) is 0 Å². The summed E-state index contributed by atoms with van der Waals surface area (Å²) in [5.74, 6) is 2.43. The number of Topliss-reactive ketones (excluding diaryl/α,β-unsaturated/α-hetero) is 1. The van der Waals surface area contributed by atoms with E-state index in [2.05, 4.69) is 11.4 Å². The Morgan fingerprint density at radius 1 is 1.43 bits per heavy atom. The minimum atomic E-state index is -0.286. The highest BCUT2D eigenvalue weighted by atomic mass is 16.5. The molecule has 110 valence electrons. The quantitative estimate of drug-likeness (QED) is 0.851. The highest BCUT2D eigenvalue weighted by Gasteiger charge is 2.64. The van der Waals surface area contributed by atoms with E-state index in [-0.39, 0.29) is 17.3 Å². The average molecular weight is 285 g/mol. The Morgan fingerprint density at radius 2 is 2.33 bits per heavy atom. The normalized spacial score (nSPS) is 38.7. The summed E-state index contributed by atoms with van der Waals surface area (Å²) in [7, 11) is 1.68. The van der Waals surface area contributed by atoms with Crippen molar-refractivity contribution in [1.29, 1.82) is 0 Å². The zero-order valence-corrected chi connectivity index (χ0v) is 12.1. The maximum Gasteiger partial charge on any atom is 0.174 e. The largest absolute Gasteiger partial charge is 0.493 e. The monoisotopic (exact) mass is 285 g/mol. The molecule has 4 atom stereocenters. The van der Waals surface area contributed by atoms with Crippen LogP contribution in [0.15, 0.2) is 12.1 Å². The van der Waals surface area contributed by atoms with Crippen molar-refractivity contribution in [2.45, 2.75) is 43.2 Å². The number of benzene rings is 1. The number of ketones is 1. The van der Waals surface area contributed by atoms with E-state index in [9.17, 15) is 4.79 Å². The molecule has 21 heavy (non-hydrogen) atoms. The molecule has 5 rings (SSSR count). The smallest absolute Gasteiger partial charge is 0.174 e. The minimum Gasteiger partial charge on any atom is -0.493 e. The molecular formula is C17H19NO3. The predicted molar refractivity (Wildman–Crippen MR) is 76.9 cm³/mol. The standard InChI is InChI=1S/C17H19NO3/c1-20-13-5-2-9-8-11-10-3-4-12(19)16-17(10,6-7-18-11)14(9)15(13)21-16/h2,5,10-11,16,18H,3-4,6-8H2,1H3/t10-,11+,16-,17?/m1/s1. The molecule has 0 radical (unpaired) electrons. The molecule has 2 aliphatic heterocycles. The second kappa shape index (κ2) is 3.80. The van der Waals surface area contributed by atoms with Gasteiger partial charge >= 0.3 is 0 Å². The molecule has 4 nitrogen and oxygen atoms in total. The number of nitrogens with one attached hydrogen (secondary N) is 1. The van der Waals surface area contributed by atoms with E-state index in [4.69, 9.17) is 9.47 Å². The van der Waals surface area contributed by atoms with Gasteiger partial charge in [-0.25, -0.2) is 0 Å². The molecular weight excluding hydrogens is 266 g/mol. The molecule has 0 aromatic heterocycles. The van der Waals surface area contributed by atoms with Crippen molar-refractivity contribution in [3.05, 3.63) is 23.3 Å². The Kier molecular flexibility index (Phi) is 2.18. The van der Waals surface area contributed by atoms with Crippen molar-refractivity contribution in [2.24, 2.45) is 5.92 Å². The van der Waals surface area contributed by atoms with Crippen LogP contribution in [0.1, 0.15) is 30.4 Å². The molecule has 1 aromatic rings. The van der Waals surface area contributed by atoms with Crippen LogP contribution in [0.4, 0.5) is 0 Å². The fourth-order valence-corrected chi connectivity index (χ4v) is 5.40. The number of hydrogen-bond acceptors (Lipinski definition) is 4. The number of rotatable bonds is 1. The maximum absolute atomic E-state index is 12.5. The van der Waals surface area contributed by atoms with Crippen molar-refractivity contribution < 1.29 is 14.3 Å². The third-order valence-corrected chi connectivity index (χ3v) is 6.12. The number of hydrogen-bond donors (Lipinski definition) is 1. The van der Waals surface area contributed by atoms with E-state index >= 15 is 0 Å². The molecule has 1 unspecified atom stereocenters. The molecule has 4 heteroatoms. The fourth-order valence-electron chi connectivity index (χ4n) is 5.40. The summed E-state index contributed by atoms with van der Waals surface area (Å²) in [6, 6.07) is 4.65. The zero-order chi connectivity index (χ0) is 14.2. The fraction of sp³-hybridized carbons (Fsp3) is 0.588. The highest BCUT2D eigenvalue weighted by molar-refractivity contribution is 5.89. The summed E-state index contributed by atoms with van der Waals surface area (Å²) in [6.45, 7) is 0.977.